The number of benzene rings is 1. The van der Waals surface area contributed by atoms with Crippen molar-refractivity contribution in [1.29, 1.82) is 0 Å². The highest BCUT2D eigenvalue weighted by Gasteiger charge is 2.28. The van der Waals surface area contributed by atoms with E-state index < -0.39 is 0 Å². The summed E-state index contributed by atoms with van der Waals surface area (Å²) in [7, 11) is 0. The molecule has 2 aromatic heterocycles. The van der Waals surface area contributed by atoms with Crippen molar-refractivity contribution >= 4 is 22.5 Å². The zero-order valence-corrected chi connectivity index (χ0v) is 18.4. The summed E-state index contributed by atoms with van der Waals surface area (Å²) in [5, 5.41) is 16.6. The lowest BCUT2D eigenvalue weighted by molar-refractivity contribution is -0.0425. The van der Waals surface area contributed by atoms with Crippen molar-refractivity contribution in [3.63, 3.8) is 0 Å². The van der Waals surface area contributed by atoms with E-state index in [-0.39, 0.29) is 11.7 Å². The molecule has 3 N–H and O–H groups in total. The number of aliphatic hydroxyl groups is 1. The van der Waals surface area contributed by atoms with Gasteiger partial charge in [-0.15, -0.1) is 0 Å². The number of hydrogen-bond donors (Lipinski definition) is 3. The van der Waals surface area contributed by atoms with E-state index in [1.54, 1.807) is 12.4 Å². The van der Waals surface area contributed by atoms with Crippen LogP contribution in [0.15, 0.2) is 42.7 Å². The summed E-state index contributed by atoms with van der Waals surface area (Å²) in [5.74, 6) is 0.718. The third-order valence-corrected chi connectivity index (χ3v) is 6.31. The summed E-state index contributed by atoms with van der Waals surface area (Å²) in [6, 6.07) is 10.4. The second-order valence-corrected chi connectivity index (χ2v) is 8.87. The van der Waals surface area contributed by atoms with Crippen molar-refractivity contribution in [3.05, 3.63) is 42.7 Å². The lowest BCUT2D eigenvalue weighted by Gasteiger charge is -2.34. The van der Waals surface area contributed by atoms with Gasteiger partial charge in [0.2, 0.25) is 0 Å². The van der Waals surface area contributed by atoms with Crippen LogP contribution < -0.4 is 15.5 Å². The Balaban J connectivity index is 1.40. The summed E-state index contributed by atoms with van der Waals surface area (Å²) in [4.78, 5) is 16.3. The van der Waals surface area contributed by atoms with Gasteiger partial charge in [-0.05, 0) is 38.0 Å². The first-order valence-electron chi connectivity index (χ1n) is 11.3. The number of morpholine rings is 1. The van der Waals surface area contributed by atoms with Crippen LogP contribution in [0.1, 0.15) is 19.8 Å². The number of hydrogen-bond acceptors (Lipinski definition) is 8. The molecule has 0 saturated carbocycles. The number of aliphatic hydroxyl groups excluding tert-OH is 1. The number of fused-ring (bicyclic) bond motifs is 1. The van der Waals surface area contributed by atoms with Crippen LogP contribution in [0, 0.1) is 0 Å². The largest absolute Gasteiger partial charge is 0.393 e. The number of nitrogens with one attached hydrogen (secondary N) is 2. The Morgan fingerprint density at radius 3 is 2.72 bits per heavy atom. The molecule has 168 valence electrons. The van der Waals surface area contributed by atoms with Crippen LogP contribution in [0.3, 0.4) is 0 Å². The summed E-state index contributed by atoms with van der Waals surface area (Å²) in [6.07, 6.45) is 4.87. The summed E-state index contributed by atoms with van der Waals surface area (Å²) < 4.78 is 5.98. The molecule has 0 amide bonds. The van der Waals surface area contributed by atoms with Crippen molar-refractivity contribution in [2.45, 2.75) is 31.5 Å². The molecule has 2 aliphatic heterocycles. The van der Waals surface area contributed by atoms with E-state index in [1.165, 1.54) is 5.69 Å². The van der Waals surface area contributed by atoms with Gasteiger partial charge in [0.15, 0.2) is 5.82 Å². The van der Waals surface area contributed by atoms with E-state index in [0.717, 1.165) is 67.1 Å². The SMILES string of the molecule is C[C@@]1(CNc2nc(-c3ccc(N4CCC(O)CC4)cc3)cc3nccnc23)CNCCO1. The van der Waals surface area contributed by atoms with Crippen molar-refractivity contribution in [3.8, 4) is 11.3 Å². The van der Waals surface area contributed by atoms with Gasteiger partial charge >= 0.3 is 0 Å². The minimum Gasteiger partial charge on any atom is -0.393 e. The third kappa shape index (κ3) is 4.53. The molecule has 2 aliphatic rings. The number of rotatable bonds is 5. The monoisotopic (exact) mass is 434 g/mol. The highest BCUT2D eigenvalue weighted by atomic mass is 16.5. The molecule has 2 saturated heterocycles. The fourth-order valence-corrected chi connectivity index (χ4v) is 4.37. The van der Waals surface area contributed by atoms with Gasteiger partial charge in [0.05, 0.1) is 29.5 Å². The molecule has 2 fully saturated rings. The number of aromatic nitrogens is 3. The number of piperidine rings is 1. The van der Waals surface area contributed by atoms with Gasteiger partial charge in [-0.2, -0.15) is 0 Å². The first kappa shape index (κ1) is 21.1. The lowest BCUT2D eigenvalue weighted by atomic mass is 10.1. The highest BCUT2D eigenvalue weighted by Crippen LogP contribution is 2.28. The number of pyridine rings is 1. The van der Waals surface area contributed by atoms with Gasteiger partial charge in [-0.1, -0.05) is 12.1 Å². The van der Waals surface area contributed by atoms with Crippen LogP contribution in [0.2, 0.25) is 0 Å². The highest BCUT2D eigenvalue weighted by molar-refractivity contribution is 5.88. The van der Waals surface area contributed by atoms with Crippen LogP contribution in [0.25, 0.3) is 22.3 Å². The number of ether oxygens (including phenoxy) is 1. The Morgan fingerprint density at radius 2 is 1.97 bits per heavy atom. The predicted molar refractivity (Wildman–Crippen MR) is 126 cm³/mol. The summed E-state index contributed by atoms with van der Waals surface area (Å²) in [6.45, 7) is 6.87. The Kier molecular flexibility index (Phi) is 5.91. The molecule has 0 aliphatic carbocycles. The number of nitrogens with zero attached hydrogens (tertiary/aromatic N) is 4. The maximum absolute atomic E-state index is 9.76. The molecule has 32 heavy (non-hydrogen) atoms. The average molecular weight is 435 g/mol. The quantitative estimate of drug-likeness (QED) is 0.564. The normalized spacial score (nSPS) is 22.2. The molecule has 3 aromatic rings. The van der Waals surface area contributed by atoms with E-state index in [9.17, 15) is 5.11 Å². The van der Waals surface area contributed by atoms with Gasteiger partial charge in [0, 0.05) is 56.4 Å². The maximum Gasteiger partial charge on any atom is 0.155 e. The topological polar surface area (TPSA) is 95.4 Å². The van der Waals surface area contributed by atoms with Crippen molar-refractivity contribution < 1.29 is 9.84 Å². The minimum atomic E-state index is -0.297. The molecule has 1 atom stereocenters. The molecule has 1 aromatic carbocycles. The second kappa shape index (κ2) is 8.97. The van der Waals surface area contributed by atoms with Crippen LogP contribution in [0.4, 0.5) is 11.5 Å². The summed E-state index contributed by atoms with van der Waals surface area (Å²) >= 11 is 0. The smallest absolute Gasteiger partial charge is 0.155 e. The zero-order valence-electron chi connectivity index (χ0n) is 18.4. The van der Waals surface area contributed by atoms with Crippen molar-refractivity contribution in [2.75, 3.05) is 49.5 Å². The van der Waals surface area contributed by atoms with Gasteiger partial charge in [0.25, 0.3) is 0 Å². The van der Waals surface area contributed by atoms with Gasteiger partial charge in [-0.25, -0.2) is 9.97 Å². The molecular formula is C24H30N6O2. The van der Waals surface area contributed by atoms with Crippen LogP contribution in [-0.4, -0.2) is 71.1 Å². The van der Waals surface area contributed by atoms with E-state index in [1.807, 2.05) is 6.07 Å². The first-order chi connectivity index (χ1) is 15.6. The zero-order chi connectivity index (χ0) is 22.0. The Hall–Kier alpha value is -2.81. The molecule has 0 spiro atoms. The van der Waals surface area contributed by atoms with Crippen LogP contribution >= 0.6 is 0 Å². The molecular weight excluding hydrogens is 404 g/mol. The Bertz CT molecular complexity index is 1060. The molecule has 0 radical (unpaired) electrons. The van der Waals surface area contributed by atoms with Crippen molar-refractivity contribution in [1.82, 2.24) is 20.3 Å². The lowest BCUT2D eigenvalue weighted by Crippen LogP contribution is -2.51. The van der Waals surface area contributed by atoms with E-state index in [0.29, 0.717) is 13.2 Å². The van der Waals surface area contributed by atoms with E-state index >= 15 is 0 Å². The Morgan fingerprint density at radius 1 is 1.19 bits per heavy atom. The second-order valence-electron chi connectivity index (χ2n) is 8.87. The van der Waals surface area contributed by atoms with E-state index in [2.05, 4.69) is 56.7 Å². The molecule has 0 bridgehead atoms. The van der Waals surface area contributed by atoms with Crippen LogP contribution in [0.5, 0.6) is 0 Å². The van der Waals surface area contributed by atoms with Crippen molar-refractivity contribution in [2.24, 2.45) is 0 Å². The number of anilines is 2. The fraction of sp³-hybridized carbons (Fsp3) is 0.458. The molecule has 5 rings (SSSR count). The third-order valence-electron chi connectivity index (χ3n) is 6.31. The summed E-state index contributed by atoms with van der Waals surface area (Å²) in [5.41, 5.74) is 4.33. The molecule has 8 heteroatoms. The molecule has 4 heterocycles. The van der Waals surface area contributed by atoms with Crippen LogP contribution in [-0.2, 0) is 4.74 Å². The van der Waals surface area contributed by atoms with Gasteiger partial charge < -0.3 is 25.4 Å². The van der Waals surface area contributed by atoms with Gasteiger partial charge in [-0.3, -0.25) is 4.98 Å². The van der Waals surface area contributed by atoms with E-state index in [4.69, 9.17) is 9.72 Å². The molecule has 8 nitrogen and oxygen atoms in total. The van der Waals surface area contributed by atoms with Gasteiger partial charge in [0.1, 0.15) is 5.52 Å². The fourth-order valence-electron chi connectivity index (χ4n) is 4.37. The predicted octanol–water partition coefficient (Wildman–Crippen LogP) is 2.44. The average Bonchev–Trinajstić information content (AvgIpc) is 2.83. The first-order valence-corrected chi connectivity index (χ1v) is 11.3. The maximum atomic E-state index is 9.76. The molecule has 0 unspecified atom stereocenters. The standard InChI is InChI=1S/C24H30N6O2/c1-24(15-25-10-13-32-24)16-28-23-22-21(26-8-9-27-22)14-20(29-23)17-2-4-18(5-3-17)30-11-6-19(31)7-12-30/h2-5,8-9,14,19,25,31H,6-7,10-13,15-16H2,1H3,(H,28,29)/t24-/m0/s1. The minimum absolute atomic E-state index is 0.170. The Labute approximate surface area is 188 Å².